The summed E-state index contributed by atoms with van der Waals surface area (Å²) in [5.74, 6) is 0. The van der Waals surface area contributed by atoms with Crippen LogP contribution < -0.4 is 5.32 Å². The van der Waals surface area contributed by atoms with Crippen LogP contribution in [-0.4, -0.2) is 4.98 Å². The number of nitrogens with zero attached hydrogens (tertiary/aromatic N) is 1. The lowest BCUT2D eigenvalue weighted by Crippen LogP contribution is -1.99. The molecule has 0 atom stereocenters. The Morgan fingerprint density at radius 1 is 1.53 bits per heavy atom. The second-order valence-electron chi connectivity index (χ2n) is 3.33. The molecule has 0 aliphatic rings. The highest BCUT2D eigenvalue weighted by atomic mass is 14.9. The molecule has 1 N–H and O–H groups in total. The predicted molar refractivity (Wildman–Crippen MR) is 66.6 cm³/mol. The van der Waals surface area contributed by atoms with Crippen molar-refractivity contribution < 1.29 is 0 Å². The van der Waals surface area contributed by atoms with Crippen molar-refractivity contribution in [1.29, 1.82) is 0 Å². The first-order chi connectivity index (χ1) is 7.27. The molecule has 1 aromatic rings. The molecular formula is C13H18N2. The summed E-state index contributed by atoms with van der Waals surface area (Å²) in [6, 6.07) is 3.94. The zero-order valence-electron chi connectivity index (χ0n) is 9.46. The summed E-state index contributed by atoms with van der Waals surface area (Å²) in [5, 5.41) is 3.26. The third kappa shape index (κ3) is 3.58. The van der Waals surface area contributed by atoms with Gasteiger partial charge in [0.1, 0.15) is 0 Å². The summed E-state index contributed by atoms with van der Waals surface area (Å²) in [6.07, 6.45) is 7.87. The van der Waals surface area contributed by atoms with Crippen LogP contribution in [0.1, 0.15) is 32.4 Å². The largest absolute Gasteiger partial charge is 0.358 e. The van der Waals surface area contributed by atoms with E-state index in [0.717, 1.165) is 29.9 Å². The van der Waals surface area contributed by atoms with Gasteiger partial charge in [0, 0.05) is 11.9 Å². The van der Waals surface area contributed by atoms with Crippen molar-refractivity contribution in [2.24, 2.45) is 0 Å². The third-order valence-corrected chi connectivity index (χ3v) is 2.09. The number of rotatable bonds is 5. The van der Waals surface area contributed by atoms with Gasteiger partial charge in [0.05, 0.1) is 11.4 Å². The number of hydrogen-bond donors (Lipinski definition) is 1. The lowest BCUT2D eigenvalue weighted by molar-refractivity contribution is 1.11. The van der Waals surface area contributed by atoms with Crippen LogP contribution in [0.5, 0.6) is 0 Å². The van der Waals surface area contributed by atoms with E-state index >= 15 is 0 Å². The molecule has 0 aromatic carbocycles. The minimum atomic E-state index is 0.922. The Balaban J connectivity index is 2.86. The molecule has 0 spiro atoms. The molecule has 1 heterocycles. The molecule has 2 nitrogen and oxygen atoms in total. The number of aromatic nitrogens is 1. The van der Waals surface area contributed by atoms with Crippen LogP contribution in [0.25, 0.3) is 6.08 Å². The van der Waals surface area contributed by atoms with E-state index in [1.54, 1.807) is 6.20 Å². The maximum atomic E-state index is 4.31. The highest BCUT2D eigenvalue weighted by Crippen LogP contribution is 2.16. The molecule has 0 bridgehead atoms. The van der Waals surface area contributed by atoms with Gasteiger partial charge in [-0.05, 0) is 31.1 Å². The van der Waals surface area contributed by atoms with E-state index < -0.39 is 0 Å². The van der Waals surface area contributed by atoms with E-state index in [0.29, 0.717) is 0 Å². The molecule has 0 amide bonds. The maximum absolute atomic E-state index is 4.31. The number of hydrogen-bond acceptors (Lipinski definition) is 2. The maximum Gasteiger partial charge on any atom is 0.0861 e. The van der Waals surface area contributed by atoms with Crippen molar-refractivity contribution in [2.45, 2.75) is 26.7 Å². The summed E-state index contributed by atoms with van der Waals surface area (Å²) in [6.45, 7) is 8.11. The van der Waals surface area contributed by atoms with Crippen LogP contribution in [0, 0.1) is 0 Å². The lowest BCUT2D eigenvalue weighted by Gasteiger charge is -2.09. The molecule has 0 unspecified atom stereocenters. The number of nitrogens with one attached hydrogen (secondary N) is 1. The van der Waals surface area contributed by atoms with Crippen molar-refractivity contribution in [2.75, 3.05) is 5.32 Å². The van der Waals surface area contributed by atoms with Crippen molar-refractivity contribution in [3.8, 4) is 0 Å². The molecule has 80 valence electrons. The van der Waals surface area contributed by atoms with Gasteiger partial charge < -0.3 is 5.32 Å². The monoisotopic (exact) mass is 202 g/mol. The average molecular weight is 202 g/mol. The molecule has 1 aromatic heterocycles. The zero-order chi connectivity index (χ0) is 11.1. The molecule has 0 fully saturated rings. The van der Waals surface area contributed by atoms with Crippen molar-refractivity contribution in [3.05, 3.63) is 42.4 Å². The van der Waals surface area contributed by atoms with E-state index in [1.165, 1.54) is 0 Å². The lowest BCUT2D eigenvalue weighted by atomic mass is 10.2. The summed E-state index contributed by atoms with van der Waals surface area (Å²) < 4.78 is 0. The fraction of sp³-hybridized carbons (Fsp3) is 0.308. The average Bonchev–Trinajstić information content (AvgIpc) is 2.28. The molecular weight excluding hydrogens is 184 g/mol. The Morgan fingerprint density at radius 3 is 3.00 bits per heavy atom. The van der Waals surface area contributed by atoms with Gasteiger partial charge in [-0.1, -0.05) is 26.5 Å². The Kier molecular flexibility index (Phi) is 4.61. The van der Waals surface area contributed by atoms with Crippen LogP contribution in [0.3, 0.4) is 0 Å². The Morgan fingerprint density at radius 2 is 2.33 bits per heavy atom. The van der Waals surface area contributed by atoms with Crippen molar-refractivity contribution >= 4 is 11.8 Å². The second-order valence-corrected chi connectivity index (χ2v) is 3.33. The molecule has 0 aliphatic heterocycles. The first-order valence-electron chi connectivity index (χ1n) is 5.34. The van der Waals surface area contributed by atoms with E-state index in [1.807, 2.05) is 18.2 Å². The summed E-state index contributed by atoms with van der Waals surface area (Å²) >= 11 is 0. The van der Waals surface area contributed by atoms with Gasteiger partial charge in [-0.15, -0.1) is 0 Å². The van der Waals surface area contributed by atoms with Gasteiger partial charge in [0.15, 0.2) is 0 Å². The topological polar surface area (TPSA) is 24.9 Å². The van der Waals surface area contributed by atoms with Crippen LogP contribution in [-0.2, 0) is 0 Å². The van der Waals surface area contributed by atoms with Gasteiger partial charge >= 0.3 is 0 Å². The fourth-order valence-corrected chi connectivity index (χ4v) is 1.16. The highest BCUT2D eigenvalue weighted by molar-refractivity contribution is 5.64. The van der Waals surface area contributed by atoms with Gasteiger partial charge in [0.25, 0.3) is 0 Å². The molecule has 0 aliphatic carbocycles. The van der Waals surface area contributed by atoms with E-state index in [9.17, 15) is 0 Å². The van der Waals surface area contributed by atoms with Gasteiger partial charge in [-0.25, -0.2) is 0 Å². The molecule has 15 heavy (non-hydrogen) atoms. The minimum Gasteiger partial charge on any atom is -0.358 e. The summed E-state index contributed by atoms with van der Waals surface area (Å²) in [5.41, 5.74) is 3.00. The molecule has 2 heteroatoms. The third-order valence-electron chi connectivity index (χ3n) is 2.09. The molecule has 1 rings (SSSR count). The number of pyridine rings is 1. The first kappa shape index (κ1) is 11.5. The van der Waals surface area contributed by atoms with E-state index in [-0.39, 0.29) is 0 Å². The van der Waals surface area contributed by atoms with Gasteiger partial charge in [-0.2, -0.15) is 0 Å². The van der Waals surface area contributed by atoms with Crippen molar-refractivity contribution in [1.82, 2.24) is 4.98 Å². The standard InChI is InChI=1S/C13H18N2/c1-4-6-8-12-13(9-7-10-14-12)15-11(3)5-2/h6-10,15H,3-5H2,1-2H3/b8-6+. The van der Waals surface area contributed by atoms with Crippen molar-refractivity contribution in [3.63, 3.8) is 0 Å². The fourth-order valence-electron chi connectivity index (χ4n) is 1.16. The normalized spacial score (nSPS) is 10.5. The van der Waals surface area contributed by atoms with Crippen LogP contribution >= 0.6 is 0 Å². The van der Waals surface area contributed by atoms with E-state index in [4.69, 9.17) is 0 Å². The first-order valence-corrected chi connectivity index (χ1v) is 5.34. The van der Waals surface area contributed by atoms with Crippen LogP contribution in [0.15, 0.2) is 36.7 Å². The second kappa shape index (κ2) is 6.02. The van der Waals surface area contributed by atoms with Crippen LogP contribution in [0.2, 0.25) is 0 Å². The summed E-state index contributed by atoms with van der Waals surface area (Å²) in [7, 11) is 0. The molecule has 0 radical (unpaired) electrons. The summed E-state index contributed by atoms with van der Waals surface area (Å²) in [4.78, 5) is 4.31. The molecule has 0 saturated heterocycles. The zero-order valence-corrected chi connectivity index (χ0v) is 9.46. The SMILES string of the molecule is C=C(CC)Nc1cccnc1/C=C/CC. The minimum absolute atomic E-state index is 0.922. The quantitative estimate of drug-likeness (QED) is 0.784. The van der Waals surface area contributed by atoms with Gasteiger partial charge in [-0.3, -0.25) is 4.98 Å². The predicted octanol–water partition coefficient (Wildman–Crippen LogP) is 3.84. The number of anilines is 1. The Hall–Kier alpha value is -1.57. The van der Waals surface area contributed by atoms with Crippen LogP contribution in [0.4, 0.5) is 5.69 Å². The Labute approximate surface area is 91.7 Å². The van der Waals surface area contributed by atoms with Gasteiger partial charge in [0.2, 0.25) is 0 Å². The Bertz CT molecular complexity index is 353. The molecule has 0 saturated carbocycles. The number of allylic oxidation sites excluding steroid dienone is 2. The smallest absolute Gasteiger partial charge is 0.0861 e. The van der Waals surface area contributed by atoms with E-state index in [2.05, 4.69) is 36.8 Å². The highest BCUT2D eigenvalue weighted by Gasteiger charge is 1.99.